The SMILES string of the molecule is COc1cccc(COCC(=O)N2CCC[C@H](c3nncn3C)C2)c1. The first kappa shape index (κ1) is 17.4. The number of hydrogen-bond acceptors (Lipinski definition) is 5. The fourth-order valence-electron chi connectivity index (χ4n) is 3.19. The summed E-state index contributed by atoms with van der Waals surface area (Å²) in [7, 11) is 3.57. The summed E-state index contributed by atoms with van der Waals surface area (Å²) in [5, 5.41) is 8.12. The molecule has 2 aromatic rings. The molecule has 1 fully saturated rings. The zero-order valence-electron chi connectivity index (χ0n) is 14.7. The van der Waals surface area contributed by atoms with E-state index in [-0.39, 0.29) is 18.4 Å². The zero-order valence-corrected chi connectivity index (χ0v) is 14.7. The molecule has 1 amide bonds. The van der Waals surface area contributed by atoms with Crippen molar-refractivity contribution in [3.05, 3.63) is 42.0 Å². The van der Waals surface area contributed by atoms with Crippen LogP contribution in [0.15, 0.2) is 30.6 Å². The van der Waals surface area contributed by atoms with Gasteiger partial charge in [0.2, 0.25) is 5.91 Å². The highest BCUT2D eigenvalue weighted by molar-refractivity contribution is 5.77. The number of piperidine rings is 1. The Morgan fingerprint density at radius 2 is 2.28 bits per heavy atom. The van der Waals surface area contributed by atoms with Crippen LogP contribution in [0.4, 0.5) is 0 Å². The van der Waals surface area contributed by atoms with Crippen molar-refractivity contribution in [3.8, 4) is 5.75 Å². The maximum Gasteiger partial charge on any atom is 0.248 e. The number of amides is 1. The fraction of sp³-hybridized carbons (Fsp3) is 0.500. The normalized spacial score (nSPS) is 17.5. The molecular weight excluding hydrogens is 320 g/mol. The zero-order chi connectivity index (χ0) is 17.6. The average Bonchev–Trinajstić information content (AvgIpc) is 3.08. The fourth-order valence-corrected chi connectivity index (χ4v) is 3.19. The lowest BCUT2D eigenvalue weighted by atomic mass is 9.97. The molecular formula is C18H24N4O3. The summed E-state index contributed by atoms with van der Waals surface area (Å²) in [4.78, 5) is 14.3. The summed E-state index contributed by atoms with van der Waals surface area (Å²) in [5.41, 5.74) is 0.989. The van der Waals surface area contributed by atoms with Gasteiger partial charge in [-0.25, -0.2) is 0 Å². The average molecular weight is 344 g/mol. The Hall–Kier alpha value is -2.41. The number of rotatable bonds is 6. The Balaban J connectivity index is 1.50. The quantitative estimate of drug-likeness (QED) is 0.798. The monoisotopic (exact) mass is 344 g/mol. The predicted molar refractivity (Wildman–Crippen MR) is 92.2 cm³/mol. The standard InChI is InChI=1S/C18H24N4O3/c1-21-13-19-20-18(21)15-6-4-8-22(10-15)17(23)12-25-11-14-5-3-7-16(9-14)24-2/h3,5,7,9,13,15H,4,6,8,10-12H2,1-2H3/t15-/m0/s1. The largest absolute Gasteiger partial charge is 0.497 e. The summed E-state index contributed by atoms with van der Waals surface area (Å²) < 4.78 is 12.7. The molecule has 0 saturated carbocycles. The van der Waals surface area contributed by atoms with Crippen LogP contribution in [0, 0.1) is 0 Å². The number of ether oxygens (including phenoxy) is 2. The summed E-state index contributed by atoms with van der Waals surface area (Å²) in [6, 6.07) is 7.66. The molecule has 1 aliphatic rings. The van der Waals surface area contributed by atoms with Gasteiger partial charge in [0.25, 0.3) is 0 Å². The number of benzene rings is 1. The van der Waals surface area contributed by atoms with E-state index in [2.05, 4.69) is 10.2 Å². The van der Waals surface area contributed by atoms with Crippen LogP contribution in [-0.2, 0) is 23.2 Å². The molecule has 25 heavy (non-hydrogen) atoms. The van der Waals surface area contributed by atoms with Crippen molar-refractivity contribution in [2.24, 2.45) is 7.05 Å². The third kappa shape index (κ3) is 4.36. The molecule has 7 nitrogen and oxygen atoms in total. The lowest BCUT2D eigenvalue weighted by molar-refractivity contribution is -0.137. The molecule has 7 heteroatoms. The molecule has 1 atom stereocenters. The highest BCUT2D eigenvalue weighted by Gasteiger charge is 2.27. The molecule has 2 heterocycles. The van der Waals surface area contributed by atoms with Crippen LogP contribution in [0.25, 0.3) is 0 Å². The topological polar surface area (TPSA) is 69.5 Å². The molecule has 1 aromatic carbocycles. The molecule has 0 aliphatic carbocycles. The van der Waals surface area contributed by atoms with Crippen molar-refractivity contribution in [2.75, 3.05) is 26.8 Å². The molecule has 0 unspecified atom stereocenters. The van der Waals surface area contributed by atoms with E-state index < -0.39 is 0 Å². The molecule has 134 valence electrons. The summed E-state index contributed by atoms with van der Waals surface area (Å²) in [5.74, 6) is 1.99. The number of likely N-dealkylation sites (tertiary alicyclic amines) is 1. The molecule has 0 radical (unpaired) electrons. The van der Waals surface area contributed by atoms with E-state index >= 15 is 0 Å². The third-order valence-corrected chi connectivity index (χ3v) is 4.51. The van der Waals surface area contributed by atoms with E-state index in [0.717, 1.165) is 36.5 Å². The molecule has 0 bridgehead atoms. The van der Waals surface area contributed by atoms with Crippen LogP contribution < -0.4 is 4.74 Å². The first-order chi connectivity index (χ1) is 12.2. The molecule has 1 aliphatic heterocycles. The first-order valence-corrected chi connectivity index (χ1v) is 8.49. The Morgan fingerprint density at radius 3 is 3.04 bits per heavy atom. The van der Waals surface area contributed by atoms with Crippen molar-refractivity contribution in [3.63, 3.8) is 0 Å². The minimum Gasteiger partial charge on any atom is -0.497 e. The number of hydrogen-bond donors (Lipinski definition) is 0. The molecule has 1 saturated heterocycles. The Morgan fingerprint density at radius 1 is 1.40 bits per heavy atom. The second-order valence-corrected chi connectivity index (χ2v) is 6.32. The van der Waals surface area contributed by atoms with Crippen LogP contribution in [-0.4, -0.2) is 52.4 Å². The van der Waals surface area contributed by atoms with E-state index in [9.17, 15) is 4.79 Å². The summed E-state index contributed by atoms with van der Waals surface area (Å²) >= 11 is 0. The van der Waals surface area contributed by atoms with Crippen LogP contribution in [0.3, 0.4) is 0 Å². The highest BCUT2D eigenvalue weighted by Crippen LogP contribution is 2.25. The van der Waals surface area contributed by atoms with Crippen molar-refractivity contribution in [1.82, 2.24) is 19.7 Å². The van der Waals surface area contributed by atoms with E-state index in [1.54, 1.807) is 13.4 Å². The van der Waals surface area contributed by atoms with E-state index in [1.807, 2.05) is 40.8 Å². The van der Waals surface area contributed by atoms with Gasteiger partial charge in [0.1, 0.15) is 24.5 Å². The second-order valence-electron chi connectivity index (χ2n) is 6.32. The van der Waals surface area contributed by atoms with E-state index in [0.29, 0.717) is 13.2 Å². The van der Waals surface area contributed by atoms with Gasteiger partial charge in [-0.3, -0.25) is 4.79 Å². The van der Waals surface area contributed by atoms with Crippen LogP contribution in [0.5, 0.6) is 5.75 Å². The van der Waals surface area contributed by atoms with Gasteiger partial charge in [-0.1, -0.05) is 12.1 Å². The lowest BCUT2D eigenvalue weighted by Crippen LogP contribution is -2.41. The van der Waals surface area contributed by atoms with Gasteiger partial charge in [0.15, 0.2) is 0 Å². The van der Waals surface area contributed by atoms with Gasteiger partial charge < -0.3 is 18.9 Å². The third-order valence-electron chi connectivity index (χ3n) is 4.51. The van der Waals surface area contributed by atoms with Gasteiger partial charge in [-0.2, -0.15) is 0 Å². The Bertz CT molecular complexity index is 716. The van der Waals surface area contributed by atoms with Gasteiger partial charge in [0.05, 0.1) is 13.7 Å². The number of carbonyl (C=O) groups is 1. The van der Waals surface area contributed by atoms with Crippen molar-refractivity contribution in [1.29, 1.82) is 0 Å². The maximum absolute atomic E-state index is 12.4. The van der Waals surface area contributed by atoms with E-state index in [4.69, 9.17) is 9.47 Å². The Kier molecular flexibility index (Phi) is 5.65. The first-order valence-electron chi connectivity index (χ1n) is 8.49. The van der Waals surface area contributed by atoms with Gasteiger partial charge in [-0.15, -0.1) is 10.2 Å². The second kappa shape index (κ2) is 8.11. The number of aromatic nitrogens is 3. The van der Waals surface area contributed by atoms with Crippen LogP contribution in [0.2, 0.25) is 0 Å². The predicted octanol–water partition coefficient (Wildman–Crippen LogP) is 1.75. The Labute approximate surface area is 147 Å². The van der Waals surface area contributed by atoms with Crippen molar-refractivity contribution in [2.45, 2.75) is 25.4 Å². The minimum atomic E-state index is 0.0229. The molecule has 1 aromatic heterocycles. The number of carbonyl (C=O) groups excluding carboxylic acids is 1. The molecule has 0 spiro atoms. The molecule has 3 rings (SSSR count). The summed E-state index contributed by atoms with van der Waals surface area (Å²) in [6.45, 7) is 1.93. The van der Waals surface area contributed by atoms with E-state index in [1.165, 1.54) is 0 Å². The van der Waals surface area contributed by atoms with Crippen molar-refractivity contribution >= 4 is 5.91 Å². The van der Waals surface area contributed by atoms with Gasteiger partial charge in [-0.05, 0) is 30.5 Å². The maximum atomic E-state index is 12.4. The lowest BCUT2D eigenvalue weighted by Gasteiger charge is -2.32. The number of aryl methyl sites for hydroxylation is 1. The highest BCUT2D eigenvalue weighted by atomic mass is 16.5. The summed E-state index contributed by atoms with van der Waals surface area (Å²) in [6.07, 6.45) is 3.70. The van der Waals surface area contributed by atoms with Crippen LogP contribution >= 0.6 is 0 Å². The van der Waals surface area contributed by atoms with Crippen LogP contribution in [0.1, 0.15) is 30.1 Å². The number of methoxy groups -OCH3 is 1. The number of nitrogens with zero attached hydrogens (tertiary/aromatic N) is 4. The van der Waals surface area contributed by atoms with Crippen molar-refractivity contribution < 1.29 is 14.3 Å². The smallest absolute Gasteiger partial charge is 0.248 e. The van der Waals surface area contributed by atoms with Gasteiger partial charge in [0, 0.05) is 26.1 Å². The minimum absolute atomic E-state index is 0.0229. The van der Waals surface area contributed by atoms with Gasteiger partial charge >= 0.3 is 0 Å². The molecule has 0 N–H and O–H groups in total.